The van der Waals surface area contributed by atoms with E-state index in [0.29, 0.717) is 10.0 Å². The van der Waals surface area contributed by atoms with Crippen LogP contribution in [0.25, 0.3) is 0 Å². The van der Waals surface area contributed by atoms with E-state index in [1.165, 1.54) is 0 Å². The number of hydrogen-bond acceptors (Lipinski definition) is 5. The molecule has 1 fully saturated rings. The van der Waals surface area contributed by atoms with Crippen LogP contribution < -0.4 is 14.7 Å². The van der Waals surface area contributed by atoms with Crippen molar-refractivity contribution in [2.24, 2.45) is 0 Å². The molecule has 0 bridgehead atoms. The number of anilines is 3. The molecule has 0 unspecified atom stereocenters. The number of rotatable bonds is 3. The van der Waals surface area contributed by atoms with Crippen LogP contribution in [0.1, 0.15) is 0 Å². The summed E-state index contributed by atoms with van der Waals surface area (Å²) in [6.07, 6.45) is 1.62. The molecule has 23 heavy (non-hydrogen) atoms. The number of nitrogens with zero attached hydrogens (tertiary/aromatic N) is 5. The van der Waals surface area contributed by atoms with Gasteiger partial charge in [-0.25, -0.2) is 9.97 Å². The Kier molecular flexibility index (Phi) is 4.78. The standard InChI is InChI=1S/C16H19Cl2N5/c1-21(2)14-10-15(20-11-19-14)23-8-6-22(7-9-23)13-5-3-4-12(17)16(13)18/h3-5,10-11H,6-9H2,1-2H3. The largest absolute Gasteiger partial charge is 0.367 e. The van der Waals surface area contributed by atoms with Crippen LogP contribution in [0.3, 0.4) is 0 Å². The monoisotopic (exact) mass is 351 g/mol. The van der Waals surface area contributed by atoms with Crippen molar-refractivity contribution < 1.29 is 0 Å². The van der Waals surface area contributed by atoms with Gasteiger partial charge in [-0.15, -0.1) is 0 Å². The average Bonchev–Trinajstić information content (AvgIpc) is 2.58. The summed E-state index contributed by atoms with van der Waals surface area (Å²) in [4.78, 5) is 15.2. The Labute approximate surface area is 146 Å². The van der Waals surface area contributed by atoms with E-state index in [9.17, 15) is 0 Å². The van der Waals surface area contributed by atoms with Crippen molar-refractivity contribution in [1.29, 1.82) is 0 Å². The molecule has 0 aliphatic carbocycles. The lowest BCUT2D eigenvalue weighted by Gasteiger charge is -2.37. The van der Waals surface area contributed by atoms with E-state index < -0.39 is 0 Å². The van der Waals surface area contributed by atoms with Gasteiger partial charge in [0.2, 0.25) is 0 Å². The Morgan fingerprint density at radius 3 is 2.39 bits per heavy atom. The summed E-state index contributed by atoms with van der Waals surface area (Å²) in [5, 5.41) is 1.22. The van der Waals surface area contributed by atoms with Gasteiger partial charge < -0.3 is 14.7 Å². The number of piperazine rings is 1. The van der Waals surface area contributed by atoms with Gasteiger partial charge in [0, 0.05) is 46.3 Å². The second-order valence-electron chi connectivity index (χ2n) is 5.68. The molecule has 7 heteroatoms. The highest BCUT2D eigenvalue weighted by atomic mass is 35.5. The first-order valence-electron chi connectivity index (χ1n) is 7.49. The lowest BCUT2D eigenvalue weighted by molar-refractivity contribution is 0.647. The number of benzene rings is 1. The van der Waals surface area contributed by atoms with Gasteiger partial charge in [-0.3, -0.25) is 0 Å². The van der Waals surface area contributed by atoms with E-state index in [0.717, 1.165) is 43.5 Å². The normalized spacial score (nSPS) is 15.0. The fourth-order valence-electron chi connectivity index (χ4n) is 2.67. The van der Waals surface area contributed by atoms with Crippen molar-refractivity contribution in [3.8, 4) is 0 Å². The fraction of sp³-hybridized carbons (Fsp3) is 0.375. The molecule has 1 aliphatic rings. The molecule has 0 atom stereocenters. The molecule has 1 aliphatic heterocycles. The molecule has 3 rings (SSSR count). The highest BCUT2D eigenvalue weighted by Gasteiger charge is 2.21. The summed E-state index contributed by atoms with van der Waals surface area (Å²) in [5.74, 6) is 1.87. The first-order chi connectivity index (χ1) is 11.1. The molecular formula is C16H19Cl2N5. The lowest BCUT2D eigenvalue weighted by Crippen LogP contribution is -2.47. The van der Waals surface area contributed by atoms with Crippen LogP contribution in [0.4, 0.5) is 17.3 Å². The average molecular weight is 352 g/mol. The minimum Gasteiger partial charge on any atom is -0.367 e. The predicted octanol–water partition coefficient (Wildman–Crippen LogP) is 3.18. The van der Waals surface area contributed by atoms with Crippen LogP contribution in [-0.2, 0) is 0 Å². The number of hydrogen-bond donors (Lipinski definition) is 0. The molecule has 5 nitrogen and oxygen atoms in total. The Morgan fingerprint density at radius 2 is 1.70 bits per heavy atom. The zero-order valence-corrected chi connectivity index (χ0v) is 14.7. The van der Waals surface area contributed by atoms with Gasteiger partial charge in [0.15, 0.2) is 0 Å². The highest BCUT2D eigenvalue weighted by Crippen LogP contribution is 2.33. The van der Waals surface area contributed by atoms with Crippen molar-refractivity contribution in [2.45, 2.75) is 0 Å². The minimum absolute atomic E-state index is 0.595. The summed E-state index contributed by atoms with van der Waals surface area (Å²) in [5.41, 5.74) is 0.996. The first-order valence-corrected chi connectivity index (χ1v) is 8.25. The van der Waals surface area contributed by atoms with Gasteiger partial charge in [0.1, 0.15) is 18.0 Å². The van der Waals surface area contributed by atoms with Crippen molar-refractivity contribution in [3.05, 3.63) is 40.6 Å². The van der Waals surface area contributed by atoms with E-state index >= 15 is 0 Å². The van der Waals surface area contributed by atoms with Gasteiger partial charge >= 0.3 is 0 Å². The molecule has 0 amide bonds. The second-order valence-corrected chi connectivity index (χ2v) is 6.46. The van der Waals surface area contributed by atoms with Gasteiger partial charge in [-0.1, -0.05) is 29.3 Å². The first kappa shape index (κ1) is 16.1. The molecule has 1 aromatic carbocycles. The molecule has 0 saturated carbocycles. The van der Waals surface area contributed by atoms with Gasteiger partial charge in [0.25, 0.3) is 0 Å². The SMILES string of the molecule is CN(C)c1cc(N2CCN(c3cccc(Cl)c3Cl)CC2)ncn1. The van der Waals surface area contributed by atoms with Crippen LogP contribution in [0, 0.1) is 0 Å². The van der Waals surface area contributed by atoms with E-state index in [1.807, 2.05) is 43.3 Å². The fourth-order valence-corrected chi connectivity index (χ4v) is 3.08. The van der Waals surface area contributed by atoms with Crippen LogP contribution in [0.15, 0.2) is 30.6 Å². The van der Waals surface area contributed by atoms with E-state index in [4.69, 9.17) is 23.2 Å². The smallest absolute Gasteiger partial charge is 0.134 e. The summed E-state index contributed by atoms with van der Waals surface area (Å²) in [6.45, 7) is 3.52. The van der Waals surface area contributed by atoms with Crippen LogP contribution >= 0.6 is 23.2 Å². The summed E-state index contributed by atoms with van der Waals surface area (Å²) < 4.78 is 0. The van der Waals surface area contributed by atoms with E-state index in [2.05, 4.69) is 19.8 Å². The predicted molar refractivity (Wildman–Crippen MR) is 97.2 cm³/mol. The highest BCUT2D eigenvalue weighted by molar-refractivity contribution is 6.43. The number of halogens is 2. The van der Waals surface area contributed by atoms with Gasteiger partial charge in [0.05, 0.1) is 15.7 Å². The zero-order valence-electron chi connectivity index (χ0n) is 13.2. The molecule has 1 saturated heterocycles. The maximum absolute atomic E-state index is 6.32. The van der Waals surface area contributed by atoms with Gasteiger partial charge in [-0.2, -0.15) is 0 Å². The Hall–Kier alpha value is -1.72. The van der Waals surface area contributed by atoms with Crippen LogP contribution in [-0.4, -0.2) is 50.2 Å². The molecular weight excluding hydrogens is 333 g/mol. The van der Waals surface area contributed by atoms with Crippen molar-refractivity contribution in [1.82, 2.24) is 9.97 Å². The second kappa shape index (κ2) is 6.81. The molecule has 2 aromatic rings. The molecule has 1 aromatic heterocycles. The molecule has 0 spiro atoms. The lowest BCUT2D eigenvalue weighted by atomic mass is 10.2. The Balaban J connectivity index is 1.71. The summed E-state index contributed by atoms with van der Waals surface area (Å²) in [6, 6.07) is 7.78. The molecule has 0 radical (unpaired) electrons. The molecule has 122 valence electrons. The zero-order chi connectivity index (χ0) is 16.4. The van der Waals surface area contributed by atoms with E-state index in [1.54, 1.807) is 6.33 Å². The molecule has 2 heterocycles. The maximum Gasteiger partial charge on any atom is 0.134 e. The van der Waals surface area contributed by atoms with Crippen LogP contribution in [0.2, 0.25) is 10.0 Å². The summed E-state index contributed by atoms with van der Waals surface area (Å²) in [7, 11) is 3.95. The van der Waals surface area contributed by atoms with E-state index in [-0.39, 0.29) is 0 Å². The maximum atomic E-state index is 6.32. The van der Waals surface area contributed by atoms with Crippen molar-refractivity contribution >= 4 is 40.5 Å². The van der Waals surface area contributed by atoms with Crippen LogP contribution in [0.5, 0.6) is 0 Å². The molecule has 0 N–H and O–H groups in total. The third-order valence-corrected chi connectivity index (χ3v) is 4.78. The number of aromatic nitrogens is 2. The quantitative estimate of drug-likeness (QED) is 0.848. The third-order valence-electron chi connectivity index (χ3n) is 3.97. The Bertz CT molecular complexity index is 684. The van der Waals surface area contributed by atoms with Crippen molar-refractivity contribution in [2.75, 3.05) is 55.0 Å². The van der Waals surface area contributed by atoms with Gasteiger partial charge in [-0.05, 0) is 12.1 Å². The third kappa shape index (κ3) is 3.46. The Morgan fingerprint density at radius 1 is 1.00 bits per heavy atom. The minimum atomic E-state index is 0.595. The van der Waals surface area contributed by atoms with Crippen molar-refractivity contribution in [3.63, 3.8) is 0 Å². The topological polar surface area (TPSA) is 35.5 Å². The summed E-state index contributed by atoms with van der Waals surface area (Å²) >= 11 is 12.4.